The van der Waals surface area contributed by atoms with Gasteiger partial charge in [0.2, 0.25) is 5.79 Å². The molecule has 0 aromatic carbocycles. The Labute approximate surface area is 339 Å². The number of carbonyl (C=O) groups is 4. The summed E-state index contributed by atoms with van der Waals surface area (Å²) in [4.78, 5) is 57.4. The summed E-state index contributed by atoms with van der Waals surface area (Å²) in [6, 6.07) is -1.17. The van der Waals surface area contributed by atoms with Crippen LogP contribution in [-0.4, -0.2) is 126 Å². The van der Waals surface area contributed by atoms with Gasteiger partial charge in [0.1, 0.15) is 24.0 Å². The van der Waals surface area contributed by atoms with Crippen LogP contribution in [0.15, 0.2) is 36.0 Å². The van der Waals surface area contributed by atoms with E-state index in [2.05, 4.69) is 19.6 Å². The lowest BCUT2D eigenvalue weighted by Crippen LogP contribution is -2.66. The zero-order valence-electron chi connectivity index (χ0n) is 35.4. The van der Waals surface area contributed by atoms with Crippen LogP contribution in [-0.2, 0) is 42.9 Å². The van der Waals surface area contributed by atoms with Crippen molar-refractivity contribution in [2.75, 3.05) is 27.9 Å². The molecule has 0 aromatic heterocycles. The van der Waals surface area contributed by atoms with Crippen molar-refractivity contribution in [1.29, 1.82) is 0 Å². The van der Waals surface area contributed by atoms with Crippen molar-refractivity contribution in [3.05, 3.63) is 36.0 Å². The molecule has 4 rings (SSSR count). The van der Waals surface area contributed by atoms with Crippen molar-refractivity contribution in [2.24, 2.45) is 29.6 Å². The fourth-order valence-electron chi connectivity index (χ4n) is 9.46. The normalized spacial score (nSPS) is 35.1. The van der Waals surface area contributed by atoms with Gasteiger partial charge in [-0.1, -0.05) is 63.5 Å². The Hall–Kier alpha value is -2.78. The highest BCUT2D eigenvalue weighted by atomic mass is 16.7. The number of cyclic esters (lactones) is 1. The fourth-order valence-corrected chi connectivity index (χ4v) is 9.46. The Morgan fingerprint density at radius 1 is 1.09 bits per heavy atom. The van der Waals surface area contributed by atoms with Gasteiger partial charge in [-0.25, -0.2) is 4.79 Å². The number of fused-ring (bicyclic) bond motifs is 1. The molecule has 57 heavy (non-hydrogen) atoms. The number of ketones is 2. The second kappa shape index (κ2) is 21.0. The zero-order chi connectivity index (χ0) is 42.2. The second-order valence-electron chi connectivity index (χ2n) is 16.9. The maximum Gasteiger partial charge on any atom is 0.329 e. The molecule has 0 aromatic rings. The third-order valence-electron chi connectivity index (χ3n) is 13.0. The second-order valence-corrected chi connectivity index (χ2v) is 16.9. The Bertz CT molecular complexity index is 1470. The lowest BCUT2D eigenvalue weighted by atomic mass is 9.73. The summed E-state index contributed by atoms with van der Waals surface area (Å²) >= 11 is 0. The van der Waals surface area contributed by atoms with Gasteiger partial charge >= 0.3 is 5.97 Å². The number of rotatable bonds is 18. The number of nitrogens with zero attached hydrogens (tertiary/aromatic N) is 1. The molecule has 3 N–H and O–H groups in total. The van der Waals surface area contributed by atoms with Crippen LogP contribution in [0.2, 0.25) is 0 Å². The summed E-state index contributed by atoms with van der Waals surface area (Å²) in [6.07, 6.45) is 6.37. The molecule has 3 aliphatic heterocycles. The summed E-state index contributed by atoms with van der Waals surface area (Å²) in [5.41, 5.74) is 2.02. The van der Waals surface area contributed by atoms with Crippen molar-refractivity contribution < 1.29 is 58.2 Å². The Morgan fingerprint density at radius 3 is 2.40 bits per heavy atom. The molecule has 1 saturated carbocycles. The molecule has 0 bridgehead atoms. The van der Waals surface area contributed by atoms with E-state index in [1.54, 1.807) is 27.0 Å². The largest absolute Gasteiger partial charge is 0.460 e. The smallest absolute Gasteiger partial charge is 0.329 e. The Morgan fingerprint density at radius 2 is 1.79 bits per heavy atom. The van der Waals surface area contributed by atoms with Gasteiger partial charge in [0.15, 0.2) is 0 Å². The monoisotopic (exact) mass is 803 g/mol. The lowest BCUT2D eigenvalue weighted by Gasteiger charge is -2.49. The molecule has 3 unspecified atom stereocenters. The number of hydrogen-bond donors (Lipinski definition) is 3. The molecule has 0 spiro atoms. The van der Waals surface area contributed by atoms with Crippen LogP contribution in [0.1, 0.15) is 105 Å². The van der Waals surface area contributed by atoms with Crippen LogP contribution < -0.4 is 0 Å². The standard InChI is InChI=1S/C44H69NO12/c1-10-13-25(4)19-30(14-11-2)34(48)24-33(47)27(6)36-23-31-29(21-28-15-16-32(46)37(22-28)54-8)17-18-45(39(31)43(51)56-36)42(50)41(49)44(52)26(5)20-38(55-9)40(57-44)35(12-3)53-7/h11,19,21,26-28,30-33,35-40,46-47,52H,2,10,12-18,20,22-24H2,1,3-9H3/b25-19+,29-21+/t26-,27-,28+,30+,31?,32-,33+,35+,36?,37-,38+,39?,40-,44-/m1/s1. The molecule has 1 amide bonds. The number of ether oxygens (including phenoxy) is 5. The molecule has 1 aliphatic carbocycles. The number of esters is 1. The molecule has 4 aliphatic rings. The average Bonchev–Trinajstić information content (AvgIpc) is 3.19. The third-order valence-corrected chi connectivity index (χ3v) is 13.0. The summed E-state index contributed by atoms with van der Waals surface area (Å²) in [5.74, 6) is -7.98. The first-order valence-corrected chi connectivity index (χ1v) is 21.0. The molecule has 13 nitrogen and oxygen atoms in total. The topological polar surface area (TPSA) is 178 Å². The lowest BCUT2D eigenvalue weighted by molar-refractivity contribution is -0.301. The van der Waals surface area contributed by atoms with Gasteiger partial charge in [-0.3, -0.25) is 14.4 Å². The molecular weight excluding hydrogens is 734 g/mol. The number of Topliss-reactive ketones (excluding diaryl/α,β-unsaturated/α-hetero) is 2. The van der Waals surface area contributed by atoms with E-state index in [0.717, 1.165) is 24.0 Å². The van der Waals surface area contributed by atoms with Crippen LogP contribution in [0.3, 0.4) is 0 Å². The van der Waals surface area contributed by atoms with Crippen molar-refractivity contribution in [3.8, 4) is 0 Å². The number of aliphatic hydroxyl groups is 3. The van der Waals surface area contributed by atoms with E-state index in [1.165, 1.54) is 19.1 Å². The molecule has 322 valence electrons. The first-order chi connectivity index (χ1) is 27.1. The summed E-state index contributed by atoms with van der Waals surface area (Å²) in [5, 5.41) is 33.8. The highest BCUT2D eigenvalue weighted by Crippen LogP contribution is 2.43. The van der Waals surface area contributed by atoms with E-state index in [9.17, 15) is 34.5 Å². The molecule has 4 fully saturated rings. The first-order valence-electron chi connectivity index (χ1n) is 21.0. The van der Waals surface area contributed by atoms with E-state index in [-0.39, 0.29) is 43.6 Å². The molecule has 14 atom stereocenters. The van der Waals surface area contributed by atoms with E-state index in [4.69, 9.17) is 23.7 Å². The van der Waals surface area contributed by atoms with Crippen LogP contribution in [0.5, 0.6) is 0 Å². The number of allylic oxidation sites excluding steroid dienone is 4. The van der Waals surface area contributed by atoms with Crippen molar-refractivity contribution in [3.63, 3.8) is 0 Å². The van der Waals surface area contributed by atoms with Gasteiger partial charge in [0.25, 0.3) is 11.7 Å². The number of aliphatic hydroxyl groups excluding tert-OH is 2. The predicted octanol–water partition coefficient (Wildman–Crippen LogP) is 4.64. The SMILES string of the molecule is C=CC[C@@H](/C=C(\C)CCC)C(=O)C[C@H](O)[C@@H](C)C1CC2/C(=C/[C@@H]3CC[C@@H](O)[C@H](OC)C3)CCN(C(=O)C(=O)[C@]3(O)O[C@H]([C@H](CC)OC)[C@@H](OC)C[C@H]3C)C2C(=O)O1. The highest BCUT2D eigenvalue weighted by Gasteiger charge is 2.58. The summed E-state index contributed by atoms with van der Waals surface area (Å²) in [7, 11) is 4.59. The number of likely N-dealkylation sites (tertiary alicyclic amines) is 1. The number of hydrogen-bond acceptors (Lipinski definition) is 12. The molecule has 3 heterocycles. The number of amides is 1. The minimum absolute atomic E-state index is 0.0208. The summed E-state index contributed by atoms with van der Waals surface area (Å²) in [6.45, 7) is 13.2. The number of piperidine rings is 1. The maximum atomic E-state index is 14.3. The van der Waals surface area contributed by atoms with Crippen LogP contribution in [0.25, 0.3) is 0 Å². The minimum atomic E-state index is -2.49. The zero-order valence-corrected chi connectivity index (χ0v) is 35.4. The molecule has 13 heteroatoms. The van der Waals surface area contributed by atoms with Crippen LogP contribution in [0, 0.1) is 29.6 Å². The third kappa shape index (κ3) is 10.7. The van der Waals surface area contributed by atoms with E-state index in [0.29, 0.717) is 38.5 Å². The van der Waals surface area contributed by atoms with E-state index < -0.39 is 89.8 Å². The Balaban J connectivity index is 1.62. The van der Waals surface area contributed by atoms with Gasteiger partial charge in [-0.05, 0) is 70.6 Å². The number of methoxy groups -OCH3 is 3. The van der Waals surface area contributed by atoms with E-state index >= 15 is 0 Å². The van der Waals surface area contributed by atoms with Crippen molar-refractivity contribution in [1.82, 2.24) is 4.90 Å². The first kappa shape index (κ1) is 46.9. The predicted molar refractivity (Wildman–Crippen MR) is 213 cm³/mol. The van der Waals surface area contributed by atoms with Crippen LogP contribution >= 0.6 is 0 Å². The fraction of sp³-hybridized carbons (Fsp3) is 0.773. The van der Waals surface area contributed by atoms with Gasteiger partial charge in [-0.15, -0.1) is 6.58 Å². The van der Waals surface area contributed by atoms with Gasteiger partial charge < -0.3 is 43.9 Å². The van der Waals surface area contributed by atoms with Gasteiger partial charge in [-0.2, -0.15) is 0 Å². The van der Waals surface area contributed by atoms with Gasteiger partial charge in [0, 0.05) is 58.0 Å². The quantitative estimate of drug-likeness (QED) is 0.0996. The van der Waals surface area contributed by atoms with E-state index in [1.807, 2.05) is 19.9 Å². The van der Waals surface area contributed by atoms with Crippen molar-refractivity contribution >= 4 is 23.4 Å². The summed E-state index contributed by atoms with van der Waals surface area (Å²) < 4.78 is 28.9. The van der Waals surface area contributed by atoms with Crippen LogP contribution in [0.4, 0.5) is 0 Å². The minimum Gasteiger partial charge on any atom is -0.460 e. The average molecular weight is 804 g/mol. The maximum absolute atomic E-state index is 14.3. The molecule has 0 radical (unpaired) electrons. The molecule has 3 saturated heterocycles. The molecular formula is C44H69NO12. The number of carbonyl (C=O) groups excluding carboxylic acids is 4. The van der Waals surface area contributed by atoms with Crippen molar-refractivity contribution in [2.45, 2.75) is 160 Å². The van der Waals surface area contributed by atoms with Gasteiger partial charge in [0.05, 0.1) is 30.5 Å². The highest BCUT2D eigenvalue weighted by molar-refractivity contribution is 6.39. The Kier molecular flexibility index (Phi) is 17.2.